The zero-order chi connectivity index (χ0) is 14.7. The molecule has 0 fully saturated rings. The summed E-state index contributed by atoms with van der Waals surface area (Å²) in [5.74, 6) is 2.13. The molecule has 0 spiro atoms. The molecule has 0 aliphatic carbocycles. The summed E-state index contributed by atoms with van der Waals surface area (Å²) >= 11 is 0. The van der Waals surface area contributed by atoms with E-state index >= 15 is 0 Å². The zero-order valence-electron chi connectivity index (χ0n) is 12.3. The number of hydrogen-bond donors (Lipinski definition) is 1. The van der Waals surface area contributed by atoms with Gasteiger partial charge in [0.25, 0.3) is 0 Å². The van der Waals surface area contributed by atoms with E-state index in [0.717, 1.165) is 30.1 Å². The van der Waals surface area contributed by atoms with Gasteiger partial charge in [-0.1, -0.05) is 30.3 Å². The van der Waals surface area contributed by atoms with Crippen LogP contribution in [0.25, 0.3) is 0 Å². The predicted octanol–water partition coefficient (Wildman–Crippen LogP) is 3.65. The molecule has 2 aromatic carbocycles. The van der Waals surface area contributed by atoms with Crippen LogP contribution in [0, 0.1) is 0 Å². The van der Waals surface area contributed by atoms with Crippen molar-refractivity contribution in [3.05, 3.63) is 59.7 Å². The zero-order valence-corrected chi connectivity index (χ0v) is 12.3. The van der Waals surface area contributed by atoms with E-state index < -0.39 is 0 Å². The molecule has 3 heteroatoms. The summed E-state index contributed by atoms with van der Waals surface area (Å²) in [5, 5.41) is 0. The predicted molar refractivity (Wildman–Crippen MR) is 83.8 cm³/mol. The Labute approximate surface area is 125 Å². The number of para-hydroxylation sites is 1. The van der Waals surface area contributed by atoms with Crippen LogP contribution >= 0.6 is 0 Å². The molecule has 0 amide bonds. The van der Waals surface area contributed by atoms with Gasteiger partial charge in [-0.2, -0.15) is 0 Å². The minimum Gasteiger partial charge on any atom is -0.494 e. The van der Waals surface area contributed by atoms with Gasteiger partial charge in [-0.25, -0.2) is 0 Å². The molecule has 2 aromatic rings. The van der Waals surface area contributed by atoms with Gasteiger partial charge in [-0.3, -0.25) is 0 Å². The van der Waals surface area contributed by atoms with Crippen molar-refractivity contribution in [1.29, 1.82) is 0 Å². The molecule has 2 unspecified atom stereocenters. The van der Waals surface area contributed by atoms with Gasteiger partial charge in [0.15, 0.2) is 0 Å². The average molecular weight is 283 g/mol. The Morgan fingerprint density at radius 2 is 2.10 bits per heavy atom. The number of nitrogens with two attached hydrogens (primary N) is 1. The van der Waals surface area contributed by atoms with E-state index in [1.54, 1.807) is 0 Å². The molecule has 0 aromatic heterocycles. The van der Waals surface area contributed by atoms with Gasteiger partial charge in [-0.15, -0.1) is 0 Å². The molecule has 21 heavy (non-hydrogen) atoms. The highest BCUT2D eigenvalue weighted by molar-refractivity contribution is 5.41. The molecule has 1 aliphatic rings. The fourth-order valence-corrected chi connectivity index (χ4v) is 2.95. The van der Waals surface area contributed by atoms with Crippen LogP contribution in [0.1, 0.15) is 36.4 Å². The summed E-state index contributed by atoms with van der Waals surface area (Å²) in [4.78, 5) is 0. The lowest BCUT2D eigenvalue weighted by Gasteiger charge is -2.30. The lowest BCUT2D eigenvalue weighted by atomic mass is 9.84. The normalized spacial score (nSPS) is 18.5. The first-order chi connectivity index (χ1) is 10.3. The molecular weight excluding hydrogens is 262 g/mol. The van der Waals surface area contributed by atoms with Crippen LogP contribution in [0.2, 0.25) is 0 Å². The lowest BCUT2D eigenvalue weighted by molar-refractivity contribution is 0.255. The number of rotatable bonds is 4. The van der Waals surface area contributed by atoms with Gasteiger partial charge in [-0.05, 0) is 42.7 Å². The van der Waals surface area contributed by atoms with E-state index in [1.807, 2.05) is 43.3 Å². The number of benzene rings is 2. The van der Waals surface area contributed by atoms with Gasteiger partial charge in [0.2, 0.25) is 0 Å². The van der Waals surface area contributed by atoms with Crippen LogP contribution in [0.3, 0.4) is 0 Å². The van der Waals surface area contributed by atoms with Crippen LogP contribution in [0.15, 0.2) is 48.5 Å². The molecule has 0 saturated heterocycles. The van der Waals surface area contributed by atoms with Crippen LogP contribution < -0.4 is 15.2 Å². The van der Waals surface area contributed by atoms with Crippen molar-refractivity contribution in [2.24, 2.45) is 5.73 Å². The lowest BCUT2D eigenvalue weighted by Crippen LogP contribution is -2.25. The fraction of sp³-hybridized carbons (Fsp3) is 0.333. The van der Waals surface area contributed by atoms with E-state index in [4.69, 9.17) is 15.2 Å². The molecule has 0 saturated carbocycles. The second kappa shape index (κ2) is 6.19. The summed E-state index contributed by atoms with van der Waals surface area (Å²) in [6, 6.07) is 16.2. The SMILES string of the molecule is CCOc1cccc(C(N)C2CCOc3ccccc32)c1. The van der Waals surface area contributed by atoms with Gasteiger partial charge < -0.3 is 15.2 Å². The third-order valence-electron chi connectivity index (χ3n) is 3.99. The van der Waals surface area contributed by atoms with Crippen molar-refractivity contribution in [2.45, 2.75) is 25.3 Å². The summed E-state index contributed by atoms with van der Waals surface area (Å²) in [5.41, 5.74) is 8.86. The fourth-order valence-electron chi connectivity index (χ4n) is 2.95. The van der Waals surface area contributed by atoms with E-state index in [2.05, 4.69) is 12.1 Å². The Balaban J connectivity index is 1.89. The highest BCUT2D eigenvalue weighted by Gasteiger charge is 2.27. The molecule has 1 aliphatic heterocycles. The maximum atomic E-state index is 6.54. The van der Waals surface area contributed by atoms with Gasteiger partial charge in [0, 0.05) is 12.0 Å². The maximum Gasteiger partial charge on any atom is 0.122 e. The van der Waals surface area contributed by atoms with Gasteiger partial charge in [0.1, 0.15) is 11.5 Å². The Hall–Kier alpha value is -2.00. The van der Waals surface area contributed by atoms with Crippen LogP contribution in [0.4, 0.5) is 0 Å². The van der Waals surface area contributed by atoms with Crippen molar-refractivity contribution in [2.75, 3.05) is 13.2 Å². The summed E-state index contributed by atoms with van der Waals surface area (Å²) in [6.07, 6.45) is 0.942. The van der Waals surface area contributed by atoms with E-state index in [9.17, 15) is 0 Å². The number of hydrogen-bond acceptors (Lipinski definition) is 3. The minimum atomic E-state index is -0.0459. The quantitative estimate of drug-likeness (QED) is 0.931. The molecular formula is C18H21NO2. The van der Waals surface area contributed by atoms with Crippen molar-refractivity contribution >= 4 is 0 Å². The second-order valence-corrected chi connectivity index (χ2v) is 5.31. The number of ether oxygens (including phenoxy) is 2. The first-order valence-corrected chi connectivity index (χ1v) is 7.49. The number of fused-ring (bicyclic) bond motifs is 1. The Morgan fingerprint density at radius 1 is 1.24 bits per heavy atom. The largest absolute Gasteiger partial charge is 0.494 e. The van der Waals surface area contributed by atoms with E-state index in [1.165, 1.54) is 5.56 Å². The van der Waals surface area contributed by atoms with Gasteiger partial charge in [0.05, 0.1) is 13.2 Å². The van der Waals surface area contributed by atoms with Crippen molar-refractivity contribution in [1.82, 2.24) is 0 Å². The highest BCUT2D eigenvalue weighted by Crippen LogP contribution is 2.40. The highest BCUT2D eigenvalue weighted by atomic mass is 16.5. The summed E-state index contributed by atoms with van der Waals surface area (Å²) in [7, 11) is 0. The van der Waals surface area contributed by atoms with E-state index in [0.29, 0.717) is 6.61 Å². The Bertz CT molecular complexity index is 612. The smallest absolute Gasteiger partial charge is 0.122 e. The Kier molecular flexibility index (Phi) is 4.11. The summed E-state index contributed by atoms with van der Waals surface area (Å²) in [6.45, 7) is 3.38. The molecule has 2 atom stereocenters. The summed E-state index contributed by atoms with van der Waals surface area (Å²) < 4.78 is 11.3. The van der Waals surface area contributed by atoms with Gasteiger partial charge >= 0.3 is 0 Å². The third-order valence-corrected chi connectivity index (χ3v) is 3.99. The maximum absolute atomic E-state index is 6.54. The topological polar surface area (TPSA) is 44.5 Å². The average Bonchev–Trinajstić information content (AvgIpc) is 2.54. The Morgan fingerprint density at radius 3 is 2.95 bits per heavy atom. The van der Waals surface area contributed by atoms with Crippen LogP contribution in [-0.4, -0.2) is 13.2 Å². The van der Waals surface area contributed by atoms with Crippen LogP contribution in [-0.2, 0) is 0 Å². The van der Waals surface area contributed by atoms with Crippen LogP contribution in [0.5, 0.6) is 11.5 Å². The monoisotopic (exact) mass is 283 g/mol. The van der Waals surface area contributed by atoms with E-state index in [-0.39, 0.29) is 12.0 Å². The second-order valence-electron chi connectivity index (χ2n) is 5.31. The third kappa shape index (κ3) is 2.88. The molecule has 0 radical (unpaired) electrons. The molecule has 3 rings (SSSR count). The standard InChI is InChI=1S/C18H21NO2/c1-2-20-14-7-5-6-13(12-14)18(19)16-10-11-21-17-9-4-3-8-15(16)17/h3-9,12,16,18H,2,10-11,19H2,1H3. The first-order valence-electron chi connectivity index (χ1n) is 7.49. The molecule has 3 nitrogen and oxygen atoms in total. The molecule has 1 heterocycles. The molecule has 110 valence electrons. The first kappa shape index (κ1) is 14.0. The van der Waals surface area contributed by atoms with Crippen molar-refractivity contribution in [3.8, 4) is 11.5 Å². The molecule has 2 N–H and O–H groups in total. The van der Waals surface area contributed by atoms with Crippen molar-refractivity contribution in [3.63, 3.8) is 0 Å². The minimum absolute atomic E-state index is 0.0459. The molecule has 0 bridgehead atoms. The van der Waals surface area contributed by atoms with Crippen molar-refractivity contribution < 1.29 is 9.47 Å².